The molecule has 0 radical (unpaired) electrons. The van der Waals surface area contributed by atoms with Crippen LogP contribution in [0.15, 0.2) is 36.7 Å². The molecular formula is C27H10ClF19I2N4O. The molecule has 0 aliphatic rings. The Morgan fingerprint density at radius 2 is 1.00 bits per heavy atom. The van der Waals surface area contributed by atoms with E-state index in [2.05, 4.69) is 14.9 Å². The Labute approximate surface area is 318 Å². The third-order valence-electron chi connectivity index (χ3n) is 7.23. The van der Waals surface area contributed by atoms with Crippen LogP contribution in [-0.4, -0.2) is 50.9 Å². The zero-order valence-electron chi connectivity index (χ0n) is 25.1. The molecule has 0 spiro atoms. The fourth-order valence-electron chi connectivity index (χ4n) is 4.91. The van der Waals surface area contributed by atoms with Gasteiger partial charge in [-0.3, -0.25) is 0 Å². The Bertz CT molecular complexity index is 2030. The summed E-state index contributed by atoms with van der Waals surface area (Å²) < 4.78 is 264. The van der Waals surface area contributed by atoms with Gasteiger partial charge in [-0.2, -0.15) is 84.8 Å². The van der Waals surface area contributed by atoms with E-state index in [-0.39, 0.29) is 25.3 Å². The number of benzene rings is 2. The third-order valence-corrected chi connectivity index (χ3v) is 9.10. The van der Waals surface area contributed by atoms with Gasteiger partial charge in [0.1, 0.15) is 17.1 Å². The van der Waals surface area contributed by atoms with Crippen molar-refractivity contribution in [3.8, 4) is 28.5 Å². The average molecular weight is 1060 g/mol. The van der Waals surface area contributed by atoms with Crippen LogP contribution in [0.25, 0.3) is 22.8 Å². The molecule has 0 fully saturated rings. The molecule has 0 aliphatic heterocycles. The van der Waals surface area contributed by atoms with E-state index in [4.69, 9.17) is 11.6 Å². The van der Waals surface area contributed by atoms with Gasteiger partial charge in [0.15, 0.2) is 5.75 Å². The second-order valence-corrected chi connectivity index (χ2v) is 13.5. The number of nitrogens with zero attached hydrogens (tertiary/aromatic N) is 4. The number of aromatic nitrogens is 4. The zero-order valence-corrected chi connectivity index (χ0v) is 30.1. The maximum absolute atomic E-state index is 14.8. The number of halogens is 22. The van der Waals surface area contributed by atoms with Crippen molar-refractivity contribution in [1.29, 1.82) is 0 Å². The van der Waals surface area contributed by atoms with Gasteiger partial charge >= 0.3 is 48.8 Å². The summed E-state index contributed by atoms with van der Waals surface area (Å²) in [5.41, 5.74) is -23.6. The molecule has 2 aromatic heterocycles. The number of alkyl halides is 19. The maximum atomic E-state index is 14.8. The quantitative estimate of drug-likeness (QED) is 0.137. The molecule has 0 aliphatic carbocycles. The van der Waals surface area contributed by atoms with E-state index in [1.54, 1.807) is 0 Å². The van der Waals surface area contributed by atoms with Crippen molar-refractivity contribution in [1.82, 2.24) is 19.6 Å². The first-order valence-corrected chi connectivity index (χ1v) is 15.9. The molecule has 0 atom stereocenters. The summed E-state index contributed by atoms with van der Waals surface area (Å²) in [7, 11) is 0. The van der Waals surface area contributed by atoms with Crippen molar-refractivity contribution in [3.05, 3.63) is 71.1 Å². The van der Waals surface area contributed by atoms with E-state index in [1.165, 1.54) is 45.2 Å². The highest BCUT2D eigenvalue weighted by molar-refractivity contribution is 14.1. The second kappa shape index (κ2) is 13.9. The summed E-state index contributed by atoms with van der Waals surface area (Å²) in [6, 6.07) is -1.44. The van der Waals surface area contributed by atoms with Crippen LogP contribution in [-0.2, 0) is 17.5 Å². The summed E-state index contributed by atoms with van der Waals surface area (Å²) in [6.45, 7) is -3.37. The average Bonchev–Trinajstić information content (AvgIpc) is 3.53. The van der Waals surface area contributed by atoms with Gasteiger partial charge < -0.3 is 4.74 Å². The predicted molar refractivity (Wildman–Crippen MR) is 163 cm³/mol. The van der Waals surface area contributed by atoms with Crippen LogP contribution in [0.5, 0.6) is 5.75 Å². The highest BCUT2D eigenvalue weighted by Crippen LogP contribution is 2.56. The van der Waals surface area contributed by atoms with Crippen molar-refractivity contribution < 1.29 is 88.2 Å². The normalized spacial score (nSPS) is 14.0. The largest absolute Gasteiger partial charge is 0.435 e. The molecule has 0 N–H and O–H groups in total. The minimum atomic E-state index is -6.78. The summed E-state index contributed by atoms with van der Waals surface area (Å²) in [5.74, 6) is -1.58. The number of rotatable bonds is 7. The molecule has 27 heteroatoms. The van der Waals surface area contributed by atoms with Crippen molar-refractivity contribution in [2.24, 2.45) is 0 Å². The smallest absolute Gasteiger partial charge is 0.432 e. The lowest BCUT2D eigenvalue weighted by molar-refractivity contribution is -0.349. The Morgan fingerprint density at radius 3 is 1.37 bits per heavy atom. The SMILES string of the molecule is Cc1cc(C(F)(C(F)(F)F)C(F)(F)F)cc(C(F)(F)F)c1-n1cc(I)c(-c2nn(-c3c(Cl)cc(C(F)(C(F)(F)F)C(F)(F)F)cc3OC(F)F)cc2I)n1. The minimum Gasteiger partial charge on any atom is -0.432 e. The maximum Gasteiger partial charge on any atom is 0.435 e. The monoisotopic (exact) mass is 1060 g/mol. The third kappa shape index (κ3) is 7.49. The van der Waals surface area contributed by atoms with Crippen molar-refractivity contribution in [3.63, 3.8) is 0 Å². The number of ether oxygens (including phenoxy) is 1. The molecular weight excluding hydrogens is 1050 g/mol. The molecule has 298 valence electrons. The Hall–Kier alpha value is -2.92. The molecule has 0 unspecified atom stereocenters. The van der Waals surface area contributed by atoms with Crippen LogP contribution in [0.1, 0.15) is 22.3 Å². The molecule has 0 saturated carbocycles. The first-order chi connectivity index (χ1) is 24.2. The van der Waals surface area contributed by atoms with Crippen LogP contribution in [0, 0.1) is 14.1 Å². The predicted octanol–water partition coefficient (Wildman–Crippen LogP) is 12.1. The van der Waals surface area contributed by atoms with Gasteiger partial charge in [-0.1, -0.05) is 17.7 Å². The molecule has 2 aromatic carbocycles. The molecule has 5 nitrogen and oxygen atoms in total. The molecule has 54 heavy (non-hydrogen) atoms. The first kappa shape index (κ1) is 43.8. The fraction of sp³-hybridized carbons (Fsp3) is 0.333. The van der Waals surface area contributed by atoms with Crippen molar-refractivity contribution in [2.45, 2.75) is 55.8 Å². The second-order valence-electron chi connectivity index (χ2n) is 10.7. The molecule has 0 amide bonds. The fourth-order valence-corrected chi connectivity index (χ4v) is 6.46. The van der Waals surface area contributed by atoms with Crippen LogP contribution in [0.3, 0.4) is 0 Å². The minimum absolute atomic E-state index is 0.141. The van der Waals surface area contributed by atoms with Gasteiger partial charge in [-0.05, 0) is 75.9 Å². The van der Waals surface area contributed by atoms with Gasteiger partial charge in [-0.15, -0.1) is 0 Å². The van der Waals surface area contributed by atoms with Gasteiger partial charge in [0.2, 0.25) is 0 Å². The van der Waals surface area contributed by atoms with E-state index in [9.17, 15) is 83.4 Å². The summed E-state index contributed by atoms with van der Waals surface area (Å²) in [4.78, 5) is 0. The molecule has 0 saturated heterocycles. The highest BCUT2D eigenvalue weighted by atomic mass is 127. The van der Waals surface area contributed by atoms with E-state index >= 15 is 0 Å². The molecule has 2 heterocycles. The van der Waals surface area contributed by atoms with E-state index in [0.717, 1.165) is 12.4 Å². The van der Waals surface area contributed by atoms with E-state index in [1.807, 2.05) is 0 Å². The van der Waals surface area contributed by atoms with Gasteiger partial charge in [0.25, 0.3) is 0 Å². The number of hydrogen-bond donors (Lipinski definition) is 0. The topological polar surface area (TPSA) is 44.9 Å². The Balaban J connectivity index is 1.93. The Morgan fingerprint density at radius 1 is 0.611 bits per heavy atom. The molecule has 4 aromatic rings. The van der Waals surface area contributed by atoms with E-state index in [0.29, 0.717) is 16.3 Å². The van der Waals surface area contributed by atoms with Gasteiger partial charge in [0.05, 0.1) is 23.4 Å². The van der Waals surface area contributed by atoms with Gasteiger partial charge in [-0.25, -0.2) is 18.1 Å². The lowest BCUT2D eigenvalue weighted by Gasteiger charge is -2.31. The van der Waals surface area contributed by atoms with Crippen molar-refractivity contribution >= 4 is 56.8 Å². The van der Waals surface area contributed by atoms with Crippen LogP contribution in [0.2, 0.25) is 5.02 Å². The van der Waals surface area contributed by atoms with Crippen LogP contribution >= 0.6 is 56.8 Å². The lowest BCUT2D eigenvalue weighted by Crippen LogP contribution is -2.50. The van der Waals surface area contributed by atoms with Crippen LogP contribution < -0.4 is 4.74 Å². The zero-order chi connectivity index (χ0) is 41.5. The standard InChI is InChI=1S/C27H10ClF19I2N4O/c1-8-2-9(21(31,24(36,37)38)25(39,40)41)3-11(23(33,34)35)18(8)52-6-13(48)16(50-52)17-14(49)7-53(51-17)19-12(28)4-10(5-15(19)54-20(29)30)22(32,26(42,43)44)27(45,46)47/h2-7,20H,1H3. The number of hydrogen-bond acceptors (Lipinski definition) is 3. The summed E-state index contributed by atoms with van der Waals surface area (Å²) in [5, 5.41) is 6.45. The molecule has 4 rings (SSSR count). The highest BCUT2D eigenvalue weighted by Gasteiger charge is 2.75. The van der Waals surface area contributed by atoms with Crippen LogP contribution in [0.4, 0.5) is 83.4 Å². The summed E-state index contributed by atoms with van der Waals surface area (Å²) >= 11 is 8.73. The lowest BCUT2D eigenvalue weighted by atomic mass is 9.90. The summed E-state index contributed by atoms with van der Waals surface area (Å²) in [6.07, 6.45) is -31.2. The molecule has 0 bridgehead atoms. The van der Waals surface area contributed by atoms with E-state index < -0.39 is 111 Å². The van der Waals surface area contributed by atoms with Crippen molar-refractivity contribution in [2.75, 3.05) is 0 Å². The number of aryl methyl sites for hydroxylation is 1. The first-order valence-electron chi connectivity index (χ1n) is 13.4. The Kier molecular flexibility index (Phi) is 11.3. The van der Waals surface area contributed by atoms with Gasteiger partial charge in [0, 0.05) is 23.5 Å².